The molecule has 0 bridgehead atoms. The van der Waals surface area contributed by atoms with E-state index >= 15 is 0 Å². The van der Waals surface area contributed by atoms with E-state index in [1.807, 2.05) is 6.07 Å². The zero-order valence-electron chi connectivity index (χ0n) is 10.7. The fourth-order valence-electron chi connectivity index (χ4n) is 2.44. The van der Waals surface area contributed by atoms with Gasteiger partial charge in [-0.3, -0.25) is 9.78 Å². The van der Waals surface area contributed by atoms with E-state index in [2.05, 4.69) is 4.98 Å². The highest BCUT2D eigenvalue weighted by Gasteiger charge is 2.23. The molecule has 1 N–H and O–H groups in total. The minimum atomic E-state index is -0.105. The minimum absolute atomic E-state index is 0.105. The SMILES string of the molecule is O=C(c1ccncc1Cl)N1CCc2ccc(O)cc2C1. The molecule has 4 nitrogen and oxygen atoms in total. The third kappa shape index (κ3) is 2.34. The Hall–Kier alpha value is -2.07. The van der Waals surface area contributed by atoms with Gasteiger partial charge >= 0.3 is 0 Å². The van der Waals surface area contributed by atoms with Crippen molar-refractivity contribution in [2.24, 2.45) is 0 Å². The summed E-state index contributed by atoms with van der Waals surface area (Å²) in [7, 11) is 0. The molecule has 1 aromatic carbocycles. The second kappa shape index (κ2) is 5.13. The van der Waals surface area contributed by atoms with Gasteiger partial charge in [0.2, 0.25) is 0 Å². The van der Waals surface area contributed by atoms with Gasteiger partial charge in [0.15, 0.2) is 0 Å². The summed E-state index contributed by atoms with van der Waals surface area (Å²) < 4.78 is 0. The number of amides is 1. The fourth-order valence-corrected chi connectivity index (χ4v) is 2.64. The Morgan fingerprint density at radius 2 is 2.15 bits per heavy atom. The van der Waals surface area contributed by atoms with Crippen molar-refractivity contribution in [2.45, 2.75) is 13.0 Å². The van der Waals surface area contributed by atoms with Crippen LogP contribution < -0.4 is 0 Å². The van der Waals surface area contributed by atoms with E-state index in [0.29, 0.717) is 23.7 Å². The number of benzene rings is 1. The maximum absolute atomic E-state index is 12.5. The molecule has 20 heavy (non-hydrogen) atoms. The Labute approximate surface area is 121 Å². The van der Waals surface area contributed by atoms with Gasteiger partial charge < -0.3 is 10.0 Å². The van der Waals surface area contributed by atoms with Crippen molar-refractivity contribution in [3.8, 4) is 5.75 Å². The second-order valence-corrected chi connectivity index (χ2v) is 5.19. The molecular weight excluding hydrogens is 276 g/mol. The molecular formula is C15H13ClN2O2. The van der Waals surface area contributed by atoms with E-state index in [-0.39, 0.29) is 11.7 Å². The van der Waals surface area contributed by atoms with Crippen LogP contribution in [0.2, 0.25) is 5.02 Å². The smallest absolute Gasteiger partial charge is 0.255 e. The first-order chi connectivity index (χ1) is 9.65. The second-order valence-electron chi connectivity index (χ2n) is 4.79. The van der Waals surface area contributed by atoms with Crippen LogP contribution in [0.5, 0.6) is 5.75 Å². The molecule has 0 radical (unpaired) electrons. The first-order valence-electron chi connectivity index (χ1n) is 6.34. The monoisotopic (exact) mass is 288 g/mol. The summed E-state index contributed by atoms with van der Waals surface area (Å²) in [5, 5.41) is 9.90. The summed E-state index contributed by atoms with van der Waals surface area (Å²) in [6.45, 7) is 1.14. The fraction of sp³-hybridized carbons (Fsp3) is 0.200. The van der Waals surface area contributed by atoms with Gasteiger partial charge in [0.25, 0.3) is 5.91 Å². The van der Waals surface area contributed by atoms with Crippen molar-refractivity contribution in [2.75, 3.05) is 6.54 Å². The number of aromatic hydroxyl groups is 1. The van der Waals surface area contributed by atoms with Crippen LogP contribution in [0.4, 0.5) is 0 Å². The lowest BCUT2D eigenvalue weighted by molar-refractivity contribution is 0.0734. The van der Waals surface area contributed by atoms with Gasteiger partial charge in [-0.1, -0.05) is 17.7 Å². The van der Waals surface area contributed by atoms with Crippen LogP contribution in [0.1, 0.15) is 21.5 Å². The molecule has 2 aromatic rings. The number of phenols is 1. The molecule has 0 fully saturated rings. The van der Waals surface area contributed by atoms with E-state index < -0.39 is 0 Å². The number of carbonyl (C=O) groups excluding carboxylic acids is 1. The molecule has 1 aromatic heterocycles. The number of phenolic OH excluding ortho intramolecular Hbond substituents is 1. The van der Waals surface area contributed by atoms with Gasteiger partial charge in [0, 0.05) is 25.5 Å². The minimum Gasteiger partial charge on any atom is -0.508 e. The number of pyridine rings is 1. The average molecular weight is 289 g/mol. The zero-order valence-corrected chi connectivity index (χ0v) is 11.5. The van der Waals surface area contributed by atoms with E-state index in [1.165, 1.54) is 11.8 Å². The van der Waals surface area contributed by atoms with Crippen molar-refractivity contribution >= 4 is 17.5 Å². The maximum Gasteiger partial charge on any atom is 0.255 e. The Balaban J connectivity index is 1.87. The van der Waals surface area contributed by atoms with Crippen molar-refractivity contribution in [1.82, 2.24) is 9.88 Å². The molecule has 0 saturated heterocycles. The first kappa shape index (κ1) is 12.9. The largest absolute Gasteiger partial charge is 0.508 e. The number of rotatable bonds is 1. The van der Waals surface area contributed by atoms with Crippen LogP contribution in [-0.4, -0.2) is 27.4 Å². The lowest BCUT2D eigenvalue weighted by Crippen LogP contribution is -2.36. The molecule has 1 aliphatic rings. The van der Waals surface area contributed by atoms with Crippen LogP contribution in [0.25, 0.3) is 0 Å². The van der Waals surface area contributed by atoms with Gasteiger partial charge in [0.1, 0.15) is 5.75 Å². The van der Waals surface area contributed by atoms with Crippen molar-refractivity contribution in [1.29, 1.82) is 0 Å². The van der Waals surface area contributed by atoms with E-state index in [9.17, 15) is 9.90 Å². The predicted octanol–water partition coefficient (Wildman–Crippen LogP) is 2.64. The Bertz CT molecular complexity index is 673. The molecule has 0 unspecified atom stereocenters. The van der Waals surface area contributed by atoms with E-state index in [0.717, 1.165) is 12.0 Å². The number of nitrogens with zero attached hydrogens (tertiary/aromatic N) is 2. The van der Waals surface area contributed by atoms with E-state index in [4.69, 9.17) is 11.6 Å². The predicted molar refractivity (Wildman–Crippen MR) is 75.8 cm³/mol. The van der Waals surface area contributed by atoms with Crippen molar-refractivity contribution in [3.63, 3.8) is 0 Å². The Morgan fingerprint density at radius 1 is 1.30 bits per heavy atom. The lowest BCUT2D eigenvalue weighted by Gasteiger charge is -2.29. The average Bonchev–Trinajstić information content (AvgIpc) is 2.46. The highest BCUT2D eigenvalue weighted by atomic mass is 35.5. The highest BCUT2D eigenvalue weighted by Crippen LogP contribution is 2.25. The number of carbonyl (C=O) groups is 1. The zero-order chi connectivity index (χ0) is 14.1. The standard InChI is InChI=1S/C15H13ClN2O2/c16-14-8-17-5-3-13(14)15(20)18-6-4-10-1-2-12(19)7-11(10)9-18/h1-3,5,7-8,19H,4,6,9H2. The topological polar surface area (TPSA) is 53.4 Å². The van der Waals surface area contributed by atoms with Gasteiger partial charge in [-0.05, 0) is 35.7 Å². The summed E-state index contributed by atoms with van der Waals surface area (Å²) in [4.78, 5) is 18.1. The molecule has 0 spiro atoms. The van der Waals surface area contributed by atoms with Gasteiger partial charge in [-0.2, -0.15) is 0 Å². The van der Waals surface area contributed by atoms with Crippen LogP contribution in [0.3, 0.4) is 0 Å². The molecule has 1 amide bonds. The summed E-state index contributed by atoms with van der Waals surface area (Å²) in [6.07, 6.45) is 3.81. The summed E-state index contributed by atoms with van der Waals surface area (Å²) in [6, 6.07) is 6.92. The summed E-state index contributed by atoms with van der Waals surface area (Å²) in [5.41, 5.74) is 2.62. The normalized spacial score (nSPS) is 13.9. The van der Waals surface area contributed by atoms with Crippen LogP contribution in [0, 0.1) is 0 Å². The Morgan fingerprint density at radius 3 is 2.95 bits per heavy atom. The number of fused-ring (bicyclic) bond motifs is 1. The maximum atomic E-state index is 12.5. The van der Waals surface area contributed by atoms with Crippen molar-refractivity contribution < 1.29 is 9.90 Å². The quantitative estimate of drug-likeness (QED) is 0.878. The number of hydrogen-bond donors (Lipinski definition) is 1. The molecule has 2 heterocycles. The van der Waals surface area contributed by atoms with Gasteiger partial charge in [-0.25, -0.2) is 0 Å². The third-order valence-corrected chi connectivity index (χ3v) is 3.79. The van der Waals surface area contributed by atoms with E-state index in [1.54, 1.807) is 29.3 Å². The number of halogens is 1. The Kier molecular flexibility index (Phi) is 3.32. The number of aromatic nitrogens is 1. The molecule has 5 heteroatoms. The molecule has 3 rings (SSSR count). The molecule has 0 aliphatic carbocycles. The molecule has 1 aliphatic heterocycles. The van der Waals surface area contributed by atoms with Crippen LogP contribution in [-0.2, 0) is 13.0 Å². The first-order valence-corrected chi connectivity index (χ1v) is 6.72. The highest BCUT2D eigenvalue weighted by molar-refractivity contribution is 6.33. The molecule has 0 saturated carbocycles. The summed E-state index contributed by atoms with van der Waals surface area (Å²) in [5.74, 6) is 0.117. The van der Waals surface area contributed by atoms with Crippen LogP contribution >= 0.6 is 11.6 Å². The van der Waals surface area contributed by atoms with Gasteiger partial charge in [0.05, 0.1) is 10.6 Å². The lowest BCUT2D eigenvalue weighted by atomic mass is 9.99. The van der Waals surface area contributed by atoms with Gasteiger partial charge in [-0.15, -0.1) is 0 Å². The number of hydrogen-bond acceptors (Lipinski definition) is 3. The molecule has 0 atom stereocenters. The summed E-state index contributed by atoms with van der Waals surface area (Å²) >= 11 is 6.01. The van der Waals surface area contributed by atoms with Crippen molar-refractivity contribution in [3.05, 3.63) is 58.4 Å². The third-order valence-electron chi connectivity index (χ3n) is 3.49. The van der Waals surface area contributed by atoms with Crippen LogP contribution in [0.15, 0.2) is 36.7 Å². The molecule has 102 valence electrons.